The number of alkyl halides is 3. The van der Waals surface area contributed by atoms with Gasteiger partial charge in [-0.1, -0.05) is 0 Å². The molecule has 1 atom stereocenters. The van der Waals surface area contributed by atoms with Crippen LogP contribution in [0.1, 0.15) is 16.7 Å². The summed E-state index contributed by atoms with van der Waals surface area (Å²) < 4.78 is 37.3. The van der Waals surface area contributed by atoms with Crippen molar-refractivity contribution >= 4 is 11.3 Å². The summed E-state index contributed by atoms with van der Waals surface area (Å²) >= 11 is 0.848. The first kappa shape index (κ1) is 12.9. The molecule has 0 saturated carbocycles. The van der Waals surface area contributed by atoms with E-state index in [2.05, 4.69) is 17.1 Å². The standard InChI is InChI=1S/C11H15F3N2S/c1-8-6-15-4-5-16(8)7-9-2-3-10(17-9)11(12,13)14/h2-3,8,15H,4-7H2,1H3/t8-/m0/s1. The molecular formula is C11H15F3N2S. The van der Waals surface area contributed by atoms with Crippen LogP contribution in [0.25, 0.3) is 0 Å². The van der Waals surface area contributed by atoms with Gasteiger partial charge in [0.1, 0.15) is 4.88 Å². The van der Waals surface area contributed by atoms with Crippen LogP contribution in [0.4, 0.5) is 13.2 Å². The molecule has 0 unspecified atom stereocenters. The zero-order chi connectivity index (χ0) is 12.5. The summed E-state index contributed by atoms with van der Waals surface area (Å²) in [5.41, 5.74) is 0. The van der Waals surface area contributed by atoms with Gasteiger partial charge in [0.2, 0.25) is 0 Å². The molecule has 2 nitrogen and oxygen atoms in total. The quantitative estimate of drug-likeness (QED) is 0.883. The van der Waals surface area contributed by atoms with Crippen LogP contribution in [0, 0.1) is 0 Å². The van der Waals surface area contributed by atoms with Crippen molar-refractivity contribution in [3.63, 3.8) is 0 Å². The molecule has 96 valence electrons. The van der Waals surface area contributed by atoms with Crippen molar-refractivity contribution in [3.05, 3.63) is 21.9 Å². The first-order valence-corrected chi connectivity index (χ1v) is 6.39. The molecule has 0 bridgehead atoms. The molecule has 2 heterocycles. The number of nitrogens with zero attached hydrogens (tertiary/aromatic N) is 1. The number of halogens is 3. The summed E-state index contributed by atoms with van der Waals surface area (Å²) in [5, 5.41) is 3.26. The minimum Gasteiger partial charge on any atom is -0.314 e. The molecule has 0 spiro atoms. The predicted molar refractivity (Wildman–Crippen MR) is 62.1 cm³/mol. The molecule has 17 heavy (non-hydrogen) atoms. The fraction of sp³-hybridized carbons (Fsp3) is 0.636. The van der Waals surface area contributed by atoms with E-state index >= 15 is 0 Å². The highest BCUT2D eigenvalue weighted by atomic mass is 32.1. The molecule has 1 aromatic heterocycles. The van der Waals surface area contributed by atoms with Crippen molar-refractivity contribution < 1.29 is 13.2 Å². The van der Waals surface area contributed by atoms with E-state index in [-0.39, 0.29) is 0 Å². The average molecular weight is 264 g/mol. The van der Waals surface area contributed by atoms with Crippen LogP contribution in [-0.4, -0.2) is 30.6 Å². The van der Waals surface area contributed by atoms with E-state index < -0.39 is 11.1 Å². The molecule has 1 fully saturated rings. The molecule has 1 aromatic rings. The lowest BCUT2D eigenvalue weighted by atomic mass is 10.2. The second kappa shape index (κ2) is 4.96. The first-order chi connectivity index (χ1) is 7.97. The molecule has 0 aliphatic carbocycles. The van der Waals surface area contributed by atoms with E-state index in [0.717, 1.165) is 35.8 Å². The molecule has 1 aliphatic heterocycles. The molecular weight excluding hydrogens is 249 g/mol. The molecule has 1 N–H and O–H groups in total. The SMILES string of the molecule is C[C@H]1CNCCN1Cc1ccc(C(F)(F)F)s1. The van der Waals surface area contributed by atoms with Gasteiger partial charge in [0.05, 0.1) is 0 Å². The van der Waals surface area contributed by atoms with E-state index in [4.69, 9.17) is 0 Å². The molecule has 1 aliphatic rings. The van der Waals surface area contributed by atoms with Crippen LogP contribution in [0.3, 0.4) is 0 Å². The third-order valence-electron chi connectivity index (χ3n) is 2.94. The van der Waals surface area contributed by atoms with Crippen molar-refractivity contribution in [2.24, 2.45) is 0 Å². The van der Waals surface area contributed by atoms with E-state index in [1.807, 2.05) is 0 Å². The number of nitrogens with one attached hydrogen (secondary N) is 1. The number of hydrogen-bond donors (Lipinski definition) is 1. The Morgan fingerprint density at radius 3 is 2.82 bits per heavy atom. The number of rotatable bonds is 2. The van der Waals surface area contributed by atoms with Crippen molar-refractivity contribution in [2.75, 3.05) is 19.6 Å². The Bertz CT molecular complexity index is 375. The fourth-order valence-corrected chi connectivity index (χ4v) is 2.83. The van der Waals surface area contributed by atoms with Gasteiger partial charge < -0.3 is 5.32 Å². The maximum Gasteiger partial charge on any atom is 0.425 e. The van der Waals surface area contributed by atoms with Gasteiger partial charge in [-0.3, -0.25) is 4.90 Å². The second-order valence-electron chi connectivity index (χ2n) is 4.29. The third kappa shape index (κ3) is 3.20. The lowest BCUT2D eigenvalue weighted by Gasteiger charge is -2.33. The molecule has 2 rings (SSSR count). The van der Waals surface area contributed by atoms with Gasteiger partial charge in [-0.05, 0) is 19.1 Å². The Kier molecular flexibility index (Phi) is 3.75. The monoisotopic (exact) mass is 264 g/mol. The van der Waals surface area contributed by atoms with Crippen LogP contribution >= 0.6 is 11.3 Å². The zero-order valence-electron chi connectivity index (χ0n) is 9.55. The molecule has 0 amide bonds. The Morgan fingerprint density at radius 2 is 2.24 bits per heavy atom. The maximum absolute atomic E-state index is 12.4. The summed E-state index contributed by atoms with van der Waals surface area (Å²) in [7, 11) is 0. The Morgan fingerprint density at radius 1 is 1.47 bits per heavy atom. The highest BCUT2D eigenvalue weighted by molar-refractivity contribution is 7.12. The predicted octanol–water partition coefficient (Wildman–Crippen LogP) is 2.56. The van der Waals surface area contributed by atoms with Crippen molar-refractivity contribution in [1.82, 2.24) is 10.2 Å². The Hall–Kier alpha value is -0.590. The van der Waals surface area contributed by atoms with Crippen LogP contribution in [-0.2, 0) is 12.7 Å². The lowest BCUT2D eigenvalue weighted by Crippen LogP contribution is -2.49. The summed E-state index contributed by atoms with van der Waals surface area (Å²) in [6.07, 6.45) is -4.21. The third-order valence-corrected chi connectivity index (χ3v) is 4.05. The normalized spacial score (nSPS) is 22.9. The Labute approximate surface area is 102 Å². The van der Waals surface area contributed by atoms with Crippen molar-refractivity contribution in [1.29, 1.82) is 0 Å². The van der Waals surface area contributed by atoms with Crippen LogP contribution < -0.4 is 5.32 Å². The van der Waals surface area contributed by atoms with Gasteiger partial charge in [-0.25, -0.2) is 0 Å². The smallest absolute Gasteiger partial charge is 0.314 e. The average Bonchev–Trinajstić information content (AvgIpc) is 2.69. The summed E-state index contributed by atoms with van der Waals surface area (Å²) in [6, 6.07) is 3.13. The Balaban J connectivity index is 2.01. The number of piperazine rings is 1. The van der Waals surface area contributed by atoms with E-state index in [0.29, 0.717) is 12.6 Å². The maximum atomic E-state index is 12.4. The van der Waals surface area contributed by atoms with Gasteiger partial charge in [-0.2, -0.15) is 13.2 Å². The highest BCUT2D eigenvalue weighted by Crippen LogP contribution is 2.35. The highest BCUT2D eigenvalue weighted by Gasteiger charge is 2.32. The van der Waals surface area contributed by atoms with Crippen LogP contribution in [0.15, 0.2) is 12.1 Å². The van der Waals surface area contributed by atoms with Gasteiger partial charge in [0.25, 0.3) is 0 Å². The van der Waals surface area contributed by atoms with Gasteiger partial charge >= 0.3 is 6.18 Å². The zero-order valence-corrected chi connectivity index (χ0v) is 10.4. The minimum absolute atomic E-state index is 0.375. The lowest BCUT2D eigenvalue weighted by molar-refractivity contribution is -0.134. The molecule has 6 heteroatoms. The van der Waals surface area contributed by atoms with Gasteiger partial charge in [0, 0.05) is 37.1 Å². The van der Waals surface area contributed by atoms with E-state index in [1.165, 1.54) is 6.07 Å². The van der Waals surface area contributed by atoms with Crippen molar-refractivity contribution in [3.8, 4) is 0 Å². The fourth-order valence-electron chi connectivity index (χ4n) is 1.93. The van der Waals surface area contributed by atoms with E-state index in [1.54, 1.807) is 6.07 Å². The molecule has 1 saturated heterocycles. The molecule has 0 radical (unpaired) electrons. The van der Waals surface area contributed by atoms with Crippen LogP contribution in [0.5, 0.6) is 0 Å². The number of thiophene rings is 1. The van der Waals surface area contributed by atoms with Crippen molar-refractivity contribution in [2.45, 2.75) is 25.7 Å². The van der Waals surface area contributed by atoms with Crippen LogP contribution in [0.2, 0.25) is 0 Å². The summed E-state index contributed by atoms with van der Waals surface area (Å²) in [6.45, 7) is 5.40. The summed E-state index contributed by atoms with van der Waals surface area (Å²) in [5.74, 6) is 0. The first-order valence-electron chi connectivity index (χ1n) is 5.57. The van der Waals surface area contributed by atoms with Gasteiger partial charge in [0.15, 0.2) is 0 Å². The second-order valence-corrected chi connectivity index (χ2v) is 5.46. The topological polar surface area (TPSA) is 15.3 Å². The summed E-state index contributed by atoms with van der Waals surface area (Å²) in [4.78, 5) is 2.49. The van der Waals surface area contributed by atoms with E-state index in [9.17, 15) is 13.2 Å². The minimum atomic E-state index is -4.21. The van der Waals surface area contributed by atoms with Gasteiger partial charge in [-0.15, -0.1) is 11.3 Å². The number of hydrogen-bond acceptors (Lipinski definition) is 3. The largest absolute Gasteiger partial charge is 0.425 e. The molecule has 0 aromatic carbocycles.